The number of aromatic carboxylic acids is 1. The second-order valence-corrected chi connectivity index (χ2v) is 7.96. The highest BCUT2D eigenvalue weighted by molar-refractivity contribution is 5.95. The molecular formula is C25H19F3N4O4. The average molecular weight is 496 g/mol. The van der Waals surface area contributed by atoms with Crippen molar-refractivity contribution in [3.63, 3.8) is 0 Å². The first kappa shape index (κ1) is 24.5. The lowest BCUT2D eigenvalue weighted by molar-refractivity contribution is -0.137. The molecule has 3 aromatic rings. The van der Waals surface area contributed by atoms with Crippen LogP contribution in [0.4, 0.5) is 19.0 Å². The van der Waals surface area contributed by atoms with Crippen LogP contribution in [-0.4, -0.2) is 63.4 Å². The van der Waals surface area contributed by atoms with Crippen LogP contribution in [-0.2, 0) is 6.18 Å². The number of amides is 1. The Morgan fingerprint density at radius 1 is 0.889 bits per heavy atom. The molecule has 1 aliphatic heterocycles. The first-order chi connectivity index (χ1) is 17.1. The van der Waals surface area contributed by atoms with Gasteiger partial charge in [-0.3, -0.25) is 4.79 Å². The smallest absolute Gasteiger partial charge is 0.416 e. The maximum Gasteiger partial charge on any atom is 0.416 e. The van der Waals surface area contributed by atoms with Crippen molar-refractivity contribution >= 4 is 17.7 Å². The van der Waals surface area contributed by atoms with E-state index >= 15 is 0 Å². The number of anilines is 1. The van der Waals surface area contributed by atoms with Gasteiger partial charge in [0.1, 0.15) is 5.75 Å². The molecule has 1 saturated heterocycles. The summed E-state index contributed by atoms with van der Waals surface area (Å²) in [5, 5.41) is 26.0. The van der Waals surface area contributed by atoms with Crippen molar-refractivity contribution in [2.75, 3.05) is 31.1 Å². The minimum atomic E-state index is -4.67. The number of carbonyl (C=O) groups excluding carboxylic acids is 1. The molecule has 0 atom stereocenters. The van der Waals surface area contributed by atoms with Crippen LogP contribution in [0.15, 0.2) is 54.6 Å². The van der Waals surface area contributed by atoms with E-state index in [9.17, 15) is 27.9 Å². The maximum absolute atomic E-state index is 13.5. The summed E-state index contributed by atoms with van der Waals surface area (Å²) in [6, 6.07) is 11.8. The maximum atomic E-state index is 13.5. The lowest BCUT2D eigenvalue weighted by Gasteiger charge is -2.35. The number of aromatic hydroxyl groups is 1. The van der Waals surface area contributed by atoms with E-state index in [1.807, 2.05) is 0 Å². The third kappa shape index (κ3) is 5.72. The Morgan fingerprint density at radius 3 is 2.22 bits per heavy atom. The van der Waals surface area contributed by atoms with Gasteiger partial charge < -0.3 is 20.0 Å². The van der Waals surface area contributed by atoms with Crippen molar-refractivity contribution < 1.29 is 33.0 Å². The third-order valence-electron chi connectivity index (χ3n) is 5.47. The van der Waals surface area contributed by atoms with Crippen LogP contribution in [0.2, 0.25) is 0 Å². The van der Waals surface area contributed by atoms with E-state index in [0.29, 0.717) is 24.5 Å². The van der Waals surface area contributed by atoms with Gasteiger partial charge in [0, 0.05) is 42.9 Å². The number of hydrogen-bond donors (Lipinski definition) is 2. The van der Waals surface area contributed by atoms with Crippen molar-refractivity contribution in [1.29, 1.82) is 0 Å². The number of carboxylic acids is 1. The number of benzene rings is 2. The molecule has 0 radical (unpaired) electrons. The molecule has 0 bridgehead atoms. The van der Waals surface area contributed by atoms with Crippen LogP contribution in [0, 0.1) is 11.8 Å². The Bertz CT molecular complexity index is 1360. The zero-order chi connectivity index (χ0) is 25.9. The summed E-state index contributed by atoms with van der Waals surface area (Å²) in [5.41, 5.74) is -0.884. The molecule has 0 spiro atoms. The lowest BCUT2D eigenvalue weighted by atomic mass is 10.0. The molecule has 2 heterocycles. The quantitative estimate of drug-likeness (QED) is 0.536. The molecule has 11 heteroatoms. The number of carbonyl (C=O) groups is 2. The average Bonchev–Trinajstić information content (AvgIpc) is 2.86. The van der Waals surface area contributed by atoms with E-state index in [1.165, 1.54) is 35.2 Å². The normalized spacial score (nSPS) is 13.6. The van der Waals surface area contributed by atoms with Gasteiger partial charge in [0.2, 0.25) is 0 Å². The van der Waals surface area contributed by atoms with Crippen molar-refractivity contribution in [3.8, 4) is 17.6 Å². The largest absolute Gasteiger partial charge is 0.508 e. The number of hydrogen-bond acceptors (Lipinski definition) is 6. The summed E-state index contributed by atoms with van der Waals surface area (Å²) in [7, 11) is 0. The highest BCUT2D eigenvalue weighted by atomic mass is 19.4. The number of rotatable bonds is 3. The van der Waals surface area contributed by atoms with Gasteiger partial charge in [-0.1, -0.05) is 17.9 Å². The van der Waals surface area contributed by atoms with Gasteiger partial charge in [0.05, 0.1) is 5.56 Å². The molecule has 36 heavy (non-hydrogen) atoms. The monoisotopic (exact) mass is 496 g/mol. The van der Waals surface area contributed by atoms with E-state index in [0.717, 1.165) is 12.1 Å². The summed E-state index contributed by atoms with van der Waals surface area (Å²) < 4.78 is 40.6. The highest BCUT2D eigenvalue weighted by Crippen LogP contribution is 2.31. The van der Waals surface area contributed by atoms with Crippen LogP contribution < -0.4 is 4.90 Å². The number of halogens is 3. The molecule has 184 valence electrons. The Morgan fingerprint density at radius 2 is 1.61 bits per heavy atom. The molecule has 1 amide bonds. The fourth-order valence-corrected chi connectivity index (χ4v) is 3.64. The SMILES string of the molecule is O=C(O)c1ccc(N2CCN(C(=O)c3cc(C#Cc4cccc(O)c4)cc(C(F)(F)F)c3)CC2)nn1. The summed E-state index contributed by atoms with van der Waals surface area (Å²) in [4.78, 5) is 27.3. The highest BCUT2D eigenvalue weighted by Gasteiger charge is 2.32. The fraction of sp³-hybridized carbons (Fsp3) is 0.200. The van der Waals surface area contributed by atoms with Crippen LogP contribution in [0.25, 0.3) is 0 Å². The molecule has 2 N–H and O–H groups in total. The molecule has 0 unspecified atom stereocenters. The molecule has 1 aromatic heterocycles. The lowest BCUT2D eigenvalue weighted by Crippen LogP contribution is -2.49. The molecule has 8 nitrogen and oxygen atoms in total. The van der Waals surface area contributed by atoms with Crippen molar-refractivity contribution in [3.05, 3.63) is 82.5 Å². The van der Waals surface area contributed by atoms with Crippen molar-refractivity contribution in [2.45, 2.75) is 6.18 Å². The minimum Gasteiger partial charge on any atom is -0.508 e. The Labute approximate surface area is 203 Å². The van der Waals surface area contributed by atoms with E-state index in [1.54, 1.807) is 17.0 Å². The van der Waals surface area contributed by atoms with E-state index in [4.69, 9.17) is 5.11 Å². The second-order valence-electron chi connectivity index (χ2n) is 7.96. The standard InChI is InChI=1S/C25H19F3N4O4/c26-25(27,28)19-13-17(5-4-16-2-1-3-20(33)14-16)12-18(15-19)23(34)32-10-8-31(9-11-32)22-7-6-21(24(35)36)29-30-22/h1-3,6-7,12-15,33H,8-11H2,(H,35,36). The van der Waals surface area contributed by atoms with Gasteiger partial charge in [-0.15, -0.1) is 10.2 Å². The first-order valence-electron chi connectivity index (χ1n) is 10.7. The second kappa shape index (κ2) is 9.95. The van der Waals surface area contributed by atoms with Gasteiger partial charge in [-0.2, -0.15) is 13.2 Å². The van der Waals surface area contributed by atoms with Crippen molar-refractivity contribution in [1.82, 2.24) is 15.1 Å². The zero-order valence-corrected chi connectivity index (χ0v) is 18.7. The molecule has 0 aliphatic carbocycles. The number of nitrogens with zero attached hydrogens (tertiary/aromatic N) is 4. The summed E-state index contributed by atoms with van der Waals surface area (Å²) in [6.45, 7) is 1.13. The van der Waals surface area contributed by atoms with Gasteiger partial charge >= 0.3 is 12.1 Å². The number of carboxylic acid groups (broad SMARTS) is 1. The Kier molecular flexibility index (Phi) is 6.78. The van der Waals surface area contributed by atoms with Gasteiger partial charge in [0.15, 0.2) is 11.5 Å². The Hall–Kier alpha value is -4.59. The third-order valence-corrected chi connectivity index (χ3v) is 5.47. The summed E-state index contributed by atoms with van der Waals surface area (Å²) in [6.07, 6.45) is -4.67. The van der Waals surface area contributed by atoms with Gasteiger partial charge in [-0.25, -0.2) is 4.79 Å². The van der Waals surface area contributed by atoms with E-state index in [2.05, 4.69) is 22.0 Å². The number of piperazine rings is 1. The molecular weight excluding hydrogens is 477 g/mol. The van der Waals surface area contributed by atoms with Crippen LogP contribution in [0.1, 0.15) is 37.5 Å². The minimum absolute atomic E-state index is 0.0175. The predicted molar refractivity (Wildman–Crippen MR) is 123 cm³/mol. The summed E-state index contributed by atoms with van der Waals surface area (Å²) >= 11 is 0. The van der Waals surface area contributed by atoms with Gasteiger partial charge in [-0.05, 0) is 48.5 Å². The zero-order valence-electron chi connectivity index (χ0n) is 18.7. The van der Waals surface area contributed by atoms with E-state index < -0.39 is 23.6 Å². The van der Waals surface area contributed by atoms with Crippen molar-refractivity contribution in [2.24, 2.45) is 0 Å². The molecule has 4 rings (SSSR count). The number of phenolic OH excluding ortho intramolecular Hbond substituents is 1. The molecule has 1 aliphatic rings. The Balaban J connectivity index is 1.52. The summed E-state index contributed by atoms with van der Waals surface area (Å²) in [5.74, 6) is 4.00. The predicted octanol–water partition coefficient (Wildman–Crippen LogP) is 3.26. The van der Waals surface area contributed by atoms with Gasteiger partial charge in [0.25, 0.3) is 5.91 Å². The first-order valence-corrected chi connectivity index (χ1v) is 10.7. The molecule has 2 aromatic carbocycles. The fourth-order valence-electron chi connectivity index (χ4n) is 3.64. The van der Waals surface area contributed by atoms with Crippen LogP contribution >= 0.6 is 0 Å². The number of aromatic nitrogens is 2. The van der Waals surface area contributed by atoms with Crippen LogP contribution in [0.5, 0.6) is 5.75 Å². The number of phenols is 1. The molecule has 0 saturated carbocycles. The number of alkyl halides is 3. The topological polar surface area (TPSA) is 107 Å². The van der Waals surface area contributed by atoms with E-state index in [-0.39, 0.29) is 35.7 Å². The van der Waals surface area contributed by atoms with Crippen LogP contribution in [0.3, 0.4) is 0 Å². The molecule has 1 fully saturated rings.